The zero-order valence-corrected chi connectivity index (χ0v) is 11.9. The number of pyridine rings is 1. The van der Waals surface area contributed by atoms with Gasteiger partial charge >= 0.3 is 0 Å². The van der Waals surface area contributed by atoms with Crippen LogP contribution in [0.1, 0.15) is 16.9 Å². The predicted molar refractivity (Wildman–Crippen MR) is 79.5 cm³/mol. The Morgan fingerprint density at radius 3 is 3.05 bits per heavy atom. The van der Waals surface area contributed by atoms with Crippen molar-refractivity contribution in [2.45, 2.75) is 12.5 Å². The van der Waals surface area contributed by atoms with E-state index in [0.717, 1.165) is 31.4 Å². The molecule has 2 fully saturated rings. The molecule has 2 aromatic rings. The van der Waals surface area contributed by atoms with Crippen molar-refractivity contribution in [1.82, 2.24) is 15.2 Å². The molecular formula is C15H16N4O3. The van der Waals surface area contributed by atoms with Crippen molar-refractivity contribution in [3.05, 3.63) is 24.0 Å². The Bertz CT molecular complexity index is 741. The number of amides is 2. The number of aromatic nitrogens is 1. The number of nitrogens with one attached hydrogen (secondary N) is 2. The second kappa shape index (κ2) is 5.10. The molecule has 7 heteroatoms. The summed E-state index contributed by atoms with van der Waals surface area (Å²) < 4.78 is 5.45. The first-order valence-corrected chi connectivity index (χ1v) is 7.36. The Morgan fingerprint density at radius 1 is 1.41 bits per heavy atom. The molecule has 2 aromatic heterocycles. The summed E-state index contributed by atoms with van der Waals surface area (Å²) in [6.45, 7) is 3.14. The van der Waals surface area contributed by atoms with Gasteiger partial charge in [-0.1, -0.05) is 0 Å². The quantitative estimate of drug-likeness (QED) is 0.817. The molecule has 3 unspecified atom stereocenters. The number of fused-ring (bicyclic) bond motifs is 3. The monoisotopic (exact) mass is 300 g/mol. The zero-order chi connectivity index (χ0) is 15.1. The average Bonchev–Trinajstić information content (AvgIpc) is 3.20. The molecule has 4 heterocycles. The first-order valence-electron chi connectivity index (χ1n) is 7.36. The summed E-state index contributed by atoms with van der Waals surface area (Å²) >= 11 is 0. The summed E-state index contributed by atoms with van der Waals surface area (Å²) in [5, 5.41) is 6.25. The fourth-order valence-electron chi connectivity index (χ4n) is 3.38. The van der Waals surface area contributed by atoms with E-state index in [4.69, 9.17) is 4.42 Å². The molecule has 2 N–H and O–H groups in total. The highest BCUT2D eigenvalue weighted by Crippen LogP contribution is 2.28. The van der Waals surface area contributed by atoms with Crippen molar-refractivity contribution in [2.75, 3.05) is 25.0 Å². The minimum Gasteiger partial charge on any atom is -0.440 e. The highest BCUT2D eigenvalue weighted by atomic mass is 16.4. The lowest BCUT2D eigenvalue weighted by atomic mass is 10.00. The molecule has 0 aliphatic carbocycles. The van der Waals surface area contributed by atoms with Gasteiger partial charge in [-0.15, -0.1) is 0 Å². The Labute approximate surface area is 126 Å². The Balaban J connectivity index is 1.52. The van der Waals surface area contributed by atoms with E-state index < -0.39 is 0 Å². The first kappa shape index (κ1) is 13.3. The van der Waals surface area contributed by atoms with Crippen molar-refractivity contribution in [3.63, 3.8) is 0 Å². The summed E-state index contributed by atoms with van der Waals surface area (Å²) in [6, 6.07) is 3.48. The van der Waals surface area contributed by atoms with Gasteiger partial charge in [0.2, 0.25) is 12.3 Å². The zero-order valence-electron chi connectivity index (χ0n) is 11.9. The van der Waals surface area contributed by atoms with E-state index in [9.17, 15) is 9.59 Å². The minimum absolute atomic E-state index is 0.179. The minimum atomic E-state index is -0.179. The lowest BCUT2D eigenvalue weighted by molar-refractivity contribution is -0.105. The van der Waals surface area contributed by atoms with Gasteiger partial charge < -0.3 is 14.6 Å². The van der Waals surface area contributed by atoms with Crippen LogP contribution in [0.5, 0.6) is 0 Å². The lowest BCUT2D eigenvalue weighted by Crippen LogP contribution is -2.43. The highest BCUT2D eigenvalue weighted by molar-refractivity contribution is 5.96. The molecule has 22 heavy (non-hydrogen) atoms. The summed E-state index contributed by atoms with van der Waals surface area (Å²) in [6.07, 6.45) is 3.27. The number of furan rings is 1. The number of carbonyl (C=O) groups excluding carboxylic acids is 2. The van der Waals surface area contributed by atoms with Crippen LogP contribution in [0, 0.1) is 5.92 Å². The molecule has 2 aliphatic rings. The number of nitrogens with zero attached hydrogens (tertiary/aromatic N) is 2. The number of rotatable bonds is 4. The Hall–Kier alpha value is -2.41. The predicted octanol–water partition coefficient (Wildman–Crippen LogP) is 0.830. The largest absolute Gasteiger partial charge is 0.440 e. The third-order valence-electron chi connectivity index (χ3n) is 4.48. The lowest BCUT2D eigenvalue weighted by Gasteiger charge is -2.22. The smallest absolute Gasteiger partial charge is 0.270 e. The van der Waals surface area contributed by atoms with Crippen LogP contribution in [-0.2, 0) is 4.79 Å². The van der Waals surface area contributed by atoms with Crippen molar-refractivity contribution >= 4 is 29.2 Å². The fourth-order valence-corrected chi connectivity index (χ4v) is 3.38. The second-order valence-electron chi connectivity index (χ2n) is 5.87. The van der Waals surface area contributed by atoms with E-state index in [1.165, 1.54) is 0 Å². The van der Waals surface area contributed by atoms with Crippen LogP contribution in [-0.4, -0.2) is 47.9 Å². The van der Waals surface area contributed by atoms with Gasteiger partial charge in [0, 0.05) is 42.8 Å². The fraction of sp³-hybridized carbons (Fsp3) is 0.400. The topological polar surface area (TPSA) is 87.5 Å². The molecule has 7 nitrogen and oxygen atoms in total. The second-order valence-corrected chi connectivity index (χ2v) is 5.87. The van der Waals surface area contributed by atoms with Gasteiger partial charge in [-0.3, -0.25) is 19.9 Å². The molecule has 0 aromatic carbocycles. The molecule has 0 spiro atoms. The van der Waals surface area contributed by atoms with Gasteiger partial charge in [0.15, 0.2) is 0 Å². The van der Waals surface area contributed by atoms with E-state index in [1.54, 1.807) is 18.3 Å². The van der Waals surface area contributed by atoms with Gasteiger partial charge in [-0.05, 0) is 18.9 Å². The van der Waals surface area contributed by atoms with Gasteiger partial charge in [0.1, 0.15) is 11.3 Å². The molecule has 114 valence electrons. The molecule has 2 amide bonds. The van der Waals surface area contributed by atoms with Crippen molar-refractivity contribution < 1.29 is 14.0 Å². The molecule has 2 saturated heterocycles. The van der Waals surface area contributed by atoms with Crippen LogP contribution >= 0.6 is 0 Å². The van der Waals surface area contributed by atoms with Crippen LogP contribution in [0.25, 0.3) is 11.0 Å². The molecule has 3 atom stereocenters. The van der Waals surface area contributed by atoms with Gasteiger partial charge in [-0.2, -0.15) is 0 Å². The van der Waals surface area contributed by atoms with Gasteiger partial charge in [-0.25, -0.2) is 0 Å². The summed E-state index contributed by atoms with van der Waals surface area (Å²) in [4.78, 5) is 29.3. The van der Waals surface area contributed by atoms with Crippen LogP contribution in [0.3, 0.4) is 0 Å². The Kier molecular flexibility index (Phi) is 3.07. The molecule has 2 aliphatic heterocycles. The van der Waals surface area contributed by atoms with E-state index in [0.29, 0.717) is 29.5 Å². The van der Waals surface area contributed by atoms with Gasteiger partial charge in [0.05, 0.1) is 0 Å². The van der Waals surface area contributed by atoms with Crippen molar-refractivity contribution in [1.29, 1.82) is 0 Å². The summed E-state index contributed by atoms with van der Waals surface area (Å²) in [5.74, 6) is 0.715. The van der Waals surface area contributed by atoms with Crippen LogP contribution in [0.2, 0.25) is 0 Å². The molecule has 2 bridgehead atoms. The maximum atomic E-state index is 12.3. The van der Waals surface area contributed by atoms with Crippen molar-refractivity contribution in [2.24, 2.45) is 5.92 Å². The van der Waals surface area contributed by atoms with Gasteiger partial charge in [0.25, 0.3) is 5.91 Å². The number of carbonyl (C=O) groups is 2. The highest BCUT2D eigenvalue weighted by Gasteiger charge is 2.38. The summed E-state index contributed by atoms with van der Waals surface area (Å²) in [7, 11) is 0. The average molecular weight is 300 g/mol. The molecule has 0 saturated carbocycles. The third kappa shape index (κ3) is 2.23. The summed E-state index contributed by atoms with van der Waals surface area (Å²) in [5.41, 5.74) is 0.860. The molecular weight excluding hydrogens is 284 g/mol. The standard InChI is InChI=1S/C15H16N4O3/c20-8-17-14-3-10-5-16-11(4-13(10)22-14)15(21)18-12-7-19-2-1-9(12)6-19/h3-5,8-9,12H,1-2,6-7H2,(H,17,20)(H,18,21). The molecule has 4 rings (SSSR count). The SMILES string of the molecule is O=CNc1cc2cnc(C(=O)NC3CN4CCC3C4)cc2o1. The van der Waals surface area contributed by atoms with E-state index >= 15 is 0 Å². The maximum absolute atomic E-state index is 12.3. The molecule has 0 radical (unpaired) electrons. The van der Waals surface area contributed by atoms with Crippen molar-refractivity contribution in [3.8, 4) is 0 Å². The number of piperidine rings is 1. The van der Waals surface area contributed by atoms with Crippen LogP contribution in [0.15, 0.2) is 22.7 Å². The normalized spacial score (nSPS) is 26.3. The van der Waals surface area contributed by atoms with E-state index in [-0.39, 0.29) is 11.9 Å². The first-order chi connectivity index (χ1) is 10.7. The van der Waals surface area contributed by atoms with E-state index in [1.807, 2.05) is 0 Å². The number of hydrogen-bond donors (Lipinski definition) is 2. The number of hydrogen-bond acceptors (Lipinski definition) is 5. The van der Waals surface area contributed by atoms with Crippen LogP contribution < -0.4 is 10.6 Å². The number of anilines is 1. The van der Waals surface area contributed by atoms with E-state index in [2.05, 4.69) is 20.5 Å². The Morgan fingerprint density at radius 2 is 2.32 bits per heavy atom. The van der Waals surface area contributed by atoms with Crippen LogP contribution in [0.4, 0.5) is 5.88 Å². The third-order valence-corrected chi connectivity index (χ3v) is 4.48. The maximum Gasteiger partial charge on any atom is 0.270 e.